The lowest BCUT2D eigenvalue weighted by molar-refractivity contribution is 0.0797. The number of piperidine rings is 1. The smallest absolute Gasteiger partial charge is 0.410 e. The fraction of sp³-hybridized carbons (Fsp3) is 0.350. The standard InChI is InChI=1S/C20H23FN2O2/c21-18-8-6-16(7-9-18)19(22)17-10-12-23(13-11-17)20(24)25-14-15-4-2-1-3-5-15/h1-9,17,19H,10-14,22H2/t19-/m0/s1. The molecule has 1 atom stereocenters. The summed E-state index contributed by atoms with van der Waals surface area (Å²) in [5, 5.41) is 0. The van der Waals surface area contributed by atoms with Crippen LogP contribution in [0.3, 0.4) is 0 Å². The molecule has 0 saturated carbocycles. The van der Waals surface area contributed by atoms with Crippen molar-refractivity contribution in [2.24, 2.45) is 11.7 Å². The van der Waals surface area contributed by atoms with Gasteiger partial charge in [0, 0.05) is 19.1 Å². The number of carbonyl (C=O) groups excluding carboxylic acids is 1. The Hall–Kier alpha value is -2.40. The molecular formula is C20H23FN2O2. The van der Waals surface area contributed by atoms with Gasteiger partial charge in [0.25, 0.3) is 0 Å². The van der Waals surface area contributed by atoms with Gasteiger partial charge in [-0.05, 0) is 42.0 Å². The first-order chi connectivity index (χ1) is 12.1. The van der Waals surface area contributed by atoms with Crippen LogP contribution in [0, 0.1) is 11.7 Å². The third-order valence-electron chi connectivity index (χ3n) is 4.77. The Bertz CT molecular complexity index is 683. The van der Waals surface area contributed by atoms with Gasteiger partial charge in [0.1, 0.15) is 12.4 Å². The van der Waals surface area contributed by atoms with Crippen molar-refractivity contribution < 1.29 is 13.9 Å². The van der Waals surface area contributed by atoms with Crippen LogP contribution >= 0.6 is 0 Å². The third-order valence-corrected chi connectivity index (χ3v) is 4.77. The first-order valence-electron chi connectivity index (χ1n) is 8.60. The van der Waals surface area contributed by atoms with Gasteiger partial charge in [0.05, 0.1) is 0 Å². The summed E-state index contributed by atoms with van der Waals surface area (Å²) in [4.78, 5) is 13.9. The van der Waals surface area contributed by atoms with E-state index in [9.17, 15) is 9.18 Å². The highest BCUT2D eigenvalue weighted by molar-refractivity contribution is 5.67. The minimum absolute atomic E-state index is 0.136. The predicted octanol–water partition coefficient (Wildman–Crippen LogP) is 3.87. The van der Waals surface area contributed by atoms with Crippen molar-refractivity contribution in [3.8, 4) is 0 Å². The summed E-state index contributed by atoms with van der Waals surface area (Å²) in [5.41, 5.74) is 8.23. The Morgan fingerprint density at radius 2 is 1.76 bits per heavy atom. The van der Waals surface area contributed by atoms with Gasteiger partial charge < -0.3 is 15.4 Å². The second kappa shape index (κ2) is 8.12. The maximum atomic E-state index is 13.0. The minimum atomic E-state index is -0.280. The molecule has 2 N–H and O–H groups in total. The summed E-state index contributed by atoms with van der Waals surface area (Å²) in [6.07, 6.45) is 1.36. The van der Waals surface area contributed by atoms with Crippen LogP contribution in [-0.2, 0) is 11.3 Å². The van der Waals surface area contributed by atoms with Crippen molar-refractivity contribution in [2.75, 3.05) is 13.1 Å². The van der Waals surface area contributed by atoms with Crippen LogP contribution in [0.25, 0.3) is 0 Å². The molecule has 1 saturated heterocycles. The second-order valence-electron chi connectivity index (χ2n) is 6.44. The summed E-state index contributed by atoms with van der Waals surface area (Å²) in [5.74, 6) is 0.0237. The van der Waals surface area contributed by atoms with E-state index in [4.69, 9.17) is 10.5 Å². The summed E-state index contributed by atoms with van der Waals surface area (Å²) >= 11 is 0. The fourth-order valence-corrected chi connectivity index (χ4v) is 3.21. The van der Waals surface area contributed by atoms with E-state index in [0.717, 1.165) is 24.0 Å². The maximum Gasteiger partial charge on any atom is 0.410 e. The van der Waals surface area contributed by atoms with Gasteiger partial charge in [-0.15, -0.1) is 0 Å². The van der Waals surface area contributed by atoms with Gasteiger partial charge in [-0.2, -0.15) is 0 Å². The Labute approximate surface area is 147 Å². The highest BCUT2D eigenvalue weighted by Crippen LogP contribution is 2.29. The molecular weight excluding hydrogens is 319 g/mol. The molecule has 0 aromatic heterocycles. The highest BCUT2D eigenvalue weighted by atomic mass is 19.1. The van der Waals surface area contributed by atoms with E-state index in [1.54, 1.807) is 17.0 Å². The molecule has 2 aromatic carbocycles. The topological polar surface area (TPSA) is 55.6 Å². The minimum Gasteiger partial charge on any atom is -0.445 e. The van der Waals surface area contributed by atoms with Crippen LogP contribution in [0.15, 0.2) is 54.6 Å². The molecule has 25 heavy (non-hydrogen) atoms. The lowest BCUT2D eigenvalue weighted by Gasteiger charge is -2.34. The lowest BCUT2D eigenvalue weighted by Crippen LogP contribution is -2.41. The summed E-state index contributed by atoms with van der Waals surface area (Å²) in [6.45, 7) is 1.55. The number of benzene rings is 2. The van der Waals surface area contributed by atoms with Gasteiger partial charge in [-0.1, -0.05) is 42.5 Å². The number of nitrogens with zero attached hydrogens (tertiary/aromatic N) is 1. The van der Waals surface area contributed by atoms with Crippen molar-refractivity contribution in [3.05, 3.63) is 71.5 Å². The number of carbonyl (C=O) groups is 1. The number of hydrogen-bond donors (Lipinski definition) is 1. The van der Waals surface area contributed by atoms with Crippen molar-refractivity contribution in [1.29, 1.82) is 0 Å². The van der Waals surface area contributed by atoms with Crippen LogP contribution in [-0.4, -0.2) is 24.1 Å². The largest absolute Gasteiger partial charge is 0.445 e. The van der Waals surface area contributed by atoms with Crippen molar-refractivity contribution >= 4 is 6.09 Å². The molecule has 1 amide bonds. The quantitative estimate of drug-likeness (QED) is 0.917. The molecule has 0 spiro atoms. The lowest BCUT2D eigenvalue weighted by atomic mass is 9.86. The van der Waals surface area contributed by atoms with Crippen LogP contribution < -0.4 is 5.73 Å². The van der Waals surface area contributed by atoms with Gasteiger partial charge in [0.2, 0.25) is 0 Å². The van der Waals surface area contributed by atoms with Crippen molar-refractivity contribution in [2.45, 2.75) is 25.5 Å². The Kier molecular flexibility index (Phi) is 5.66. The molecule has 1 aliphatic heterocycles. The average molecular weight is 342 g/mol. The molecule has 0 radical (unpaired) electrons. The van der Waals surface area contributed by atoms with Crippen LogP contribution in [0.5, 0.6) is 0 Å². The average Bonchev–Trinajstić information content (AvgIpc) is 2.67. The molecule has 0 bridgehead atoms. The molecule has 2 aromatic rings. The highest BCUT2D eigenvalue weighted by Gasteiger charge is 2.28. The number of amides is 1. The van der Waals surface area contributed by atoms with Gasteiger partial charge >= 0.3 is 6.09 Å². The molecule has 0 unspecified atom stereocenters. The Balaban J connectivity index is 1.47. The summed E-state index contributed by atoms with van der Waals surface area (Å²) in [6, 6.07) is 15.8. The first kappa shape index (κ1) is 17.4. The zero-order valence-electron chi connectivity index (χ0n) is 14.1. The predicted molar refractivity (Wildman–Crippen MR) is 94.3 cm³/mol. The van der Waals surface area contributed by atoms with E-state index >= 15 is 0 Å². The SMILES string of the molecule is N[C@@H](c1ccc(F)cc1)C1CCN(C(=O)OCc2ccccc2)CC1. The molecule has 132 valence electrons. The number of likely N-dealkylation sites (tertiary alicyclic amines) is 1. The monoisotopic (exact) mass is 342 g/mol. The van der Waals surface area contributed by atoms with E-state index in [-0.39, 0.29) is 30.5 Å². The Morgan fingerprint density at radius 1 is 1.12 bits per heavy atom. The Morgan fingerprint density at radius 3 is 2.40 bits per heavy atom. The van der Waals surface area contributed by atoms with Gasteiger partial charge in [0.15, 0.2) is 0 Å². The molecule has 1 heterocycles. The molecule has 3 rings (SSSR count). The van der Waals surface area contributed by atoms with Crippen LogP contribution in [0.4, 0.5) is 9.18 Å². The molecule has 0 aliphatic carbocycles. The fourth-order valence-electron chi connectivity index (χ4n) is 3.21. The third kappa shape index (κ3) is 4.57. The van der Waals surface area contributed by atoms with E-state index in [1.165, 1.54) is 12.1 Å². The zero-order valence-corrected chi connectivity index (χ0v) is 14.1. The number of ether oxygens (including phenoxy) is 1. The van der Waals surface area contributed by atoms with Crippen molar-refractivity contribution in [1.82, 2.24) is 4.90 Å². The van der Waals surface area contributed by atoms with E-state index in [2.05, 4.69) is 0 Å². The van der Waals surface area contributed by atoms with Crippen LogP contribution in [0.1, 0.15) is 30.0 Å². The first-order valence-corrected chi connectivity index (χ1v) is 8.60. The molecule has 1 fully saturated rings. The van der Waals surface area contributed by atoms with E-state index in [1.807, 2.05) is 30.3 Å². The number of nitrogens with two attached hydrogens (primary N) is 1. The zero-order chi connectivity index (χ0) is 17.6. The maximum absolute atomic E-state index is 13.0. The summed E-state index contributed by atoms with van der Waals surface area (Å²) < 4.78 is 18.4. The normalized spacial score (nSPS) is 16.5. The number of halogens is 1. The molecule has 4 nitrogen and oxygen atoms in total. The van der Waals surface area contributed by atoms with Gasteiger partial charge in [-0.25, -0.2) is 9.18 Å². The number of hydrogen-bond acceptors (Lipinski definition) is 3. The van der Waals surface area contributed by atoms with E-state index < -0.39 is 0 Å². The van der Waals surface area contributed by atoms with Gasteiger partial charge in [-0.3, -0.25) is 0 Å². The summed E-state index contributed by atoms with van der Waals surface area (Å²) in [7, 11) is 0. The van der Waals surface area contributed by atoms with Crippen molar-refractivity contribution in [3.63, 3.8) is 0 Å². The molecule has 5 heteroatoms. The van der Waals surface area contributed by atoms with E-state index in [0.29, 0.717) is 13.1 Å². The van der Waals surface area contributed by atoms with Crippen LogP contribution in [0.2, 0.25) is 0 Å². The second-order valence-corrected chi connectivity index (χ2v) is 6.44. The number of rotatable bonds is 4. The molecule has 1 aliphatic rings.